The Hall–Kier alpha value is -0.830. The number of hydrogen-bond donors (Lipinski definition) is 1. The van der Waals surface area contributed by atoms with Crippen LogP contribution in [0.5, 0.6) is 0 Å². The molecule has 0 N–H and O–H groups in total. The van der Waals surface area contributed by atoms with E-state index in [1.54, 1.807) is 18.5 Å². The van der Waals surface area contributed by atoms with Gasteiger partial charge in [-0.25, -0.2) is 0 Å². The van der Waals surface area contributed by atoms with E-state index >= 15 is 0 Å². The summed E-state index contributed by atoms with van der Waals surface area (Å²) in [5.74, 6) is 0.105. The van der Waals surface area contributed by atoms with Gasteiger partial charge in [0.1, 0.15) is 0 Å². The zero-order valence-electron chi connectivity index (χ0n) is 6.24. The van der Waals surface area contributed by atoms with Crippen LogP contribution in [0.3, 0.4) is 0 Å². The first kappa shape index (κ1) is 8.27. The van der Waals surface area contributed by atoms with Crippen LogP contribution in [-0.4, -0.2) is 10.8 Å². The molecular weight excluding hydrogens is 158 g/mol. The molecular formula is C8H9NOS. The Morgan fingerprint density at radius 2 is 2.36 bits per heavy atom. The van der Waals surface area contributed by atoms with Crippen LogP contribution in [0, 0.1) is 0 Å². The Kier molecular flexibility index (Phi) is 2.65. The molecule has 0 amide bonds. The monoisotopic (exact) mass is 167 g/mol. The molecule has 0 aliphatic carbocycles. The van der Waals surface area contributed by atoms with E-state index in [1.165, 1.54) is 0 Å². The fraction of sp³-hybridized carbons (Fsp3) is 0.250. The van der Waals surface area contributed by atoms with Gasteiger partial charge in [0.15, 0.2) is 5.78 Å². The topological polar surface area (TPSA) is 30.0 Å². The van der Waals surface area contributed by atoms with Gasteiger partial charge >= 0.3 is 0 Å². The van der Waals surface area contributed by atoms with E-state index in [-0.39, 0.29) is 5.78 Å². The number of nitrogens with zero attached hydrogens (tertiary/aromatic N) is 1. The smallest absolute Gasteiger partial charge is 0.164 e. The van der Waals surface area contributed by atoms with Crippen molar-refractivity contribution in [2.75, 3.05) is 0 Å². The first-order chi connectivity index (χ1) is 5.24. The lowest BCUT2D eigenvalue weighted by molar-refractivity contribution is 0.0987. The summed E-state index contributed by atoms with van der Waals surface area (Å²) in [5, 5.41) is 0. The highest BCUT2D eigenvalue weighted by Gasteiger charge is 2.01. The first-order valence-corrected chi connectivity index (χ1v) is 3.86. The number of carbonyl (C=O) groups excluding carboxylic acids is 1. The summed E-state index contributed by atoms with van der Waals surface area (Å²) >= 11 is 4.07. The second-order valence-electron chi connectivity index (χ2n) is 2.21. The van der Waals surface area contributed by atoms with Crippen molar-refractivity contribution in [2.45, 2.75) is 18.2 Å². The normalized spacial score (nSPS) is 9.64. The molecule has 1 heterocycles. The summed E-state index contributed by atoms with van der Waals surface area (Å²) in [6.07, 6.45) is 3.68. The van der Waals surface area contributed by atoms with Crippen LogP contribution in [0.15, 0.2) is 23.4 Å². The molecule has 0 saturated heterocycles. The molecule has 0 fully saturated rings. The van der Waals surface area contributed by atoms with Crippen LogP contribution in [-0.2, 0) is 0 Å². The number of thiol groups is 1. The molecule has 3 heteroatoms. The zero-order valence-corrected chi connectivity index (χ0v) is 7.14. The zero-order chi connectivity index (χ0) is 8.27. The van der Waals surface area contributed by atoms with E-state index in [2.05, 4.69) is 17.6 Å². The second-order valence-corrected chi connectivity index (χ2v) is 2.72. The van der Waals surface area contributed by atoms with Crippen molar-refractivity contribution in [3.05, 3.63) is 24.0 Å². The van der Waals surface area contributed by atoms with E-state index in [0.29, 0.717) is 12.0 Å². The molecule has 0 unspecified atom stereocenters. The van der Waals surface area contributed by atoms with Crippen LogP contribution in [0.1, 0.15) is 23.7 Å². The summed E-state index contributed by atoms with van der Waals surface area (Å²) in [5.41, 5.74) is 0.639. The molecule has 0 radical (unpaired) electrons. The lowest BCUT2D eigenvalue weighted by atomic mass is 10.1. The molecule has 0 aliphatic heterocycles. The number of rotatable bonds is 2. The van der Waals surface area contributed by atoms with Gasteiger partial charge < -0.3 is 0 Å². The predicted octanol–water partition coefficient (Wildman–Crippen LogP) is 1.96. The van der Waals surface area contributed by atoms with Gasteiger partial charge in [-0.15, -0.1) is 12.6 Å². The van der Waals surface area contributed by atoms with Gasteiger partial charge in [-0.05, 0) is 6.07 Å². The van der Waals surface area contributed by atoms with Crippen molar-refractivity contribution in [2.24, 2.45) is 0 Å². The number of pyridine rings is 1. The maximum atomic E-state index is 11.1. The average Bonchev–Trinajstić information content (AvgIpc) is 2.03. The average molecular weight is 167 g/mol. The SMILES string of the molecule is CCC(=O)c1cncc(S)c1. The third-order valence-corrected chi connectivity index (χ3v) is 1.61. The number of ketones is 1. The number of aromatic nitrogens is 1. The third kappa shape index (κ3) is 2.05. The Bertz CT molecular complexity index is 273. The summed E-state index contributed by atoms with van der Waals surface area (Å²) in [6, 6.07) is 1.72. The lowest BCUT2D eigenvalue weighted by Gasteiger charge is -1.96. The molecule has 0 aliphatic rings. The Labute approximate surface area is 71.1 Å². The van der Waals surface area contributed by atoms with Crippen LogP contribution < -0.4 is 0 Å². The van der Waals surface area contributed by atoms with E-state index in [0.717, 1.165) is 4.90 Å². The standard InChI is InChI=1S/C8H9NOS/c1-2-8(10)6-3-7(11)5-9-4-6/h3-5,11H,2H2,1H3. The molecule has 1 rings (SSSR count). The van der Waals surface area contributed by atoms with Gasteiger partial charge in [0.25, 0.3) is 0 Å². The molecule has 0 bridgehead atoms. The van der Waals surface area contributed by atoms with Crippen LogP contribution >= 0.6 is 12.6 Å². The maximum Gasteiger partial charge on any atom is 0.164 e. The second kappa shape index (κ2) is 3.53. The minimum Gasteiger partial charge on any atom is -0.294 e. The van der Waals surface area contributed by atoms with Crippen molar-refractivity contribution >= 4 is 18.4 Å². The van der Waals surface area contributed by atoms with Crippen LogP contribution in [0.25, 0.3) is 0 Å². The van der Waals surface area contributed by atoms with Gasteiger partial charge in [0, 0.05) is 29.3 Å². The molecule has 0 aromatic carbocycles. The van der Waals surface area contributed by atoms with Gasteiger partial charge in [0.2, 0.25) is 0 Å². The van der Waals surface area contributed by atoms with E-state index < -0.39 is 0 Å². The van der Waals surface area contributed by atoms with Crippen molar-refractivity contribution in [1.82, 2.24) is 4.98 Å². The van der Waals surface area contributed by atoms with Crippen molar-refractivity contribution in [1.29, 1.82) is 0 Å². The highest BCUT2D eigenvalue weighted by Crippen LogP contribution is 2.07. The fourth-order valence-electron chi connectivity index (χ4n) is 0.784. The Balaban J connectivity index is 2.96. The lowest BCUT2D eigenvalue weighted by Crippen LogP contribution is -1.96. The van der Waals surface area contributed by atoms with E-state index in [1.807, 2.05) is 6.92 Å². The summed E-state index contributed by atoms with van der Waals surface area (Å²) in [4.78, 5) is 15.7. The summed E-state index contributed by atoms with van der Waals surface area (Å²) in [7, 11) is 0. The molecule has 0 atom stereocenters. The number of Topliss-reactive ketones (excluding diaryl/α,β-unsaturated/α-hetero) is 1. The Morgan fingerprint density at radius 3 is 2.91 bits per heavy atom. The van der Waals surface area contributed by atoms with E-state index in [4.69, 9.17) is 0 Å². The van der Waals surface area contributed by atoms with Crippen molar-refractivity contribution < 1.29 is 4.79 Å². The third-order valence-electron chi connectivity index (χ3n) is 1.37. The van der Waals surface area contributed by atoms with Crippen molar-refractivity contribution in [3.8, 4) is 0 Å². The fourth-order valence-corrected chi connectivity index (χ4v) is 0.990. The molecule has 1 aromatic heterocycles. The number of hydrogen-bond acceptors (Lipinski definition) is 3. The largest absolute Gasteiger partial charge is 0.294 e. The maximum absolute atomic E-state index is 11.1. The van der Waals surface area contributed by atoms with Gasteiger partial charge in [-0.3, -0.25) is 9.78 Å². The summed E-state index contributed by atoms with van der Waals surface area (Å²) < 4.78 is 0. The Morgan fingerprint density at radius 1 is 1.64 bits per heavy atom. The molecule has 0 spiro atoms. The minimum atomic E-state index is 0.105. The van der Waals surface area contributed by atoms with Gasteiger partial charge in [-0.1, -0.05) is 6.92 Å². The minimum absolute atomic E-state index is 0.105. The first-order valence-electron chi connectivity index (χ1n) is 3.41. The van der Waals surface area contributed by atoms with Gasteiger partial charge in [-0.2, -0.15) is 0 Å². The molecule has 2 nitrogen and oxygen atoms in total. The predicted molar refractivity (Wildman–Crippen MR) is 46.1 cm³/mol. The van der Waals surface area contributed by atoms with Crippen molar-refractivity contribution in [3.63, 3.8) is 0 Å². The van der Waals surface area contributed by atoms with Crippen LogP contribution in [0.2, 0.25) is 0 Å². The molecule has 58 valence electrons. The van der Waals surface area contributed by atoms with Crippen LogP contribution in [0.4, 0.5) is 0 Å². The summed E-state index contributed by atoms with van der Waals surface area (Å²) in [6.45, 7) is 1.83. The van der Waals surface area contributed by atoms with E-state index in [9.17, 15) is 4.79 Å². The van der Waals surface area contributed by atoms with Gasteiger partial charge in [0.05, 0.1) is 0 Å². The number of carbonyl (C=O) groups is 1. The highest BCUT2D eigenvalue weighted by atomic mass is 32.1. The molecule has 1 aromatic rings. The molecule has 0 saturated carbocycles. The molecule has 11 heavy (non-hydrogen) atoms. The highest BCUT2D eigenvalue weighted by molar-refractivity contribution is 7.80. The quantitative estimate of drug-likeness (QED) is 0.539.